The van der Waals surface area contributed by atoms with Crippen LogP contribution in [0.3, 0.4) is 0 Å². The van der Waals surface area contributed by atoms with Crippen LogP contribution in [0.15, 0.2) is 103 Å². The Morgan fingerprint density at radius 2 is 1.57 bits per heavy atom. The molecule has 0 unspecified atom stereocenters. The molecule has 0 radical (unpaired) electrons. The maximum Gasteiger partial charge on any atom is 0.243 e. The summed E-state index contributed by atoms with van der Waals surface area (Å²) in [7, 11) is 0. The third kappa shape index (κ3) is 7.93. The molecule has 1 fully saturated rings. The number of rotatable bonds is 12. The highest BCUT2D eigenvalue weighted by molar-refractivity contribution is 5.78. The highest BCUT2D eigenvalue weighted by Crippen LogP contribution is 2.39. The van der Waals surface area contributed by atoms with Crippen LogP contribution in [-0.2, 0) is 38.8 Å². The molecule has 0 spiro atoms. The normalized spacial score (nSPS) is 17.8. The third-order valence-corrected chi connectivity index (χ3v) is 8.46. The second-order valence-corrected chi connectivity index (χ2v) is 11.7. The number of carbonyl (C=O) groups is 2. The van der Waals surface area contributed by atoms with Crippen LogP contribution in [0.25, 0.3) is 22.2 Å². The van der Waals surface area contributed by atoms with Crippen molar-refractivity contribution in [1.82, 2.24) is 20.3 Å². The number of para-hydroxylation sites is 2. The first-order chi connectivity index (χ1) is 23.0. The maximum atomic E-state index is 12.4. The fraction of sp³-hybridized carbons (Fsp3) is 0.270. The molecule has 5 aromatic rings. The summed E-state index contributed by atoms with van der Waals surface area (Å²) in [6.07, 6.45) is 2.19. The van der Waals surface area contributed by atoms with Crippen molar-refractivity contribution < 1.29 is 29.4 Å². The predicted octanol–water partition coefficient (Wildman–Crippen LogP) is 5.73. The average molecular weight is 635 g/mol. The lowest BCUT2D eigenvalue weighted by Crippen LogP contribution is -2.32. The first-order valence-electron chi connectivity index (χ1n) is 15.8. The highest BCUT2D eigenvalue weighted by Gasteiger charge is 2.32. The number of carbonyl (C=O) groups excluding carboxylic acids is 2. The van der Waals surface area contributed by atoms with Gasteiger partial charge in [0.25, 0.3) is 0 Å². The Morgan fingerprint density at radius 1 is 0.851 bits per heavy atom. The molecular formula is C37H38N4O6. The van der Waals surface area contributed by atoms with Crippen LogP contribution >= 0.6 is 0 Å². The number of ether oxygens (including phenoxy) is 2. The minimum absolute atomic E-state index is 0.0127. The highest BCUT2D eigenvalue weighted by atomic mass is 16.7. The van der Waals surface area contributed by atoms with E-state index < -0.39 is 12.2 Å². The van der Waals surface area contributed by atoms with Crippen LogP contribution < -0.4 is 10.8 Å². The molecule has 1 aromatic heterocycles. The number of hydrogen-bond donors (Lipinski definition) is 4. The molecule has 0 saturated carbocycles. The van der Waals surface area contributed by atoms with Crippen molar-refractivity contribution in [2.45, 2.75) is 63.9 Å². The number of imidazole rings is 1. The van der Waals surface area contributed by atoms with Crippen LogP contribution in [0.2, 0.25) is 0 Å². The van der Waals surface area contributed by atoms with Crippen molar-refractivity contribution in [3.63, 3.8) is 0 Å². The average Bonchev–Trinajstić information content (AvgIpc) is 3.53. The van der Waals surface area contributed by atoms with Gasteiger partial charge in [-0.15, -0.1) is 0 Å². The van der Waals surface area contributed by atoms with Crippen LogP contribution in [0.5, 0.6) is 0 Å². The molecular weight excluding hydrogens is 596 g/mol. The summed E-state index contributed by atoms with van der Waals surface area (Å²) in [5.74, 6) is -0.670. The van der Waals surface area contributed by atoms with Crippen LogP contribution in [-0.4, -0.2) is 37.8 Å². The monoisotopic (exact) mass is 634 g/mol. The minimum Gasteiger partial charge on any atom is -0.392 e. The van der Waals surface area contributed by atoms with Crippen molar-refractivity contribution >= 4 is 22.8 Å². The number of aromatic nitrogens is 2. The lowest BCUT2D eigenvalue weighted by Gasteiger charge is -2.36. The summed E-state index contributed by atoms with van der Waals surface area (Å²) in [6, 6.07) is 31.9. The zero-order chi connectivity index (χ0) is 32.6. The van der Waals surface area contributed by atoms with Gasteiger partial charge in [-0.2, -0.15) is 0 Å². The van der Waals surface area contributed by atoms with Gasteiger partial charge < -0.3 is 24.5 Å². The quantitative estimate of drug-likeness (QED) is 0.102. The van der Waals surface area contributed by atoms with Gasteiger partial charge in [0.15, 0.2) is 6.29 Å². The second-order valence-electron chi connectivity index (χ2n) is 11.7. The molecule has 2 heterocycles. The summed E-state index contributed by atoms with van der Waals surface area (Å²) in [5, 5.41) is 21.1. The number of nitrogens with zero attached hydrogens (tertiary/aromatic N) is 2. The maximum absolute atomic E-state index is 12.4. The smallest absolute Gasteiger partial charge is 0.243 e. The molecule has 1 aliphatic heterocycles. The van der Waals surface area contributed by atoms with E-state index in [9.17, 15) is 14.7 Å². The molecule has 10 nitrogen and oxygen atoms in total. The third-order valence-electron chi connectivity index (χ3n) is 8.46. The summed E-state index contributed by atoms with van der Waals surface area (Å²) in [5.41, 5.74) is 9.29. The topological polar surface area (TPSA) is 135 Å². The zero-order valence-electron chi connectivity index (χ0n) is 25.9. The van der Waals surface area contributed by atoms with Gasteiger partial charge in [0.2, 0.25) is 11.8 Å². The van der Waals surface area contributed by atoms with Gasteiger partial charge in [-0.05, 0) is 46.4 Å². The van der Waals surface area contributed by atoms with E-state index >= 15 is 0 Å². The van der Waals surface area contributed by atoms with Crippen LogP contribution in [0, 0.1) is 0 Å². The van der Waals surface area contributed by atoms with Gasteiger partial charge >= 0.3 is 0 Å². The molecule has 3 atom stereocenters. The van der Waals surface area contributed by atoms with E-state index in [-0.39, 0.29) is 37.6 Å². The first kappa shape index (κ1) is 32.1. The van der Waals surface area contributed by atoms with Crippen LogP contribution in [0.1, 0.15) is 60.3 Å². The molecule has 242 valence electrons. The summed E-state index contributed by atoms with van der Waals surface area (Å²) >= 11 is 0. The summed E-state index contributed by atoms with van der Waals surface area (Å²) in [4.78, 5) is 28.1. The fourth-order valence-corrected chi connectivity index (χ4v) is 5.93. The largest absolute Gasteiger partial charge is 0.392 e. The molecule has 2 amide bonds. The lowest BCUT2D eigenvalue weighted by atomic mass is 9.97. The molecule has 0 bridgehead atoms. The van der Waals surface area contributed by atoms with E-state index in [1.54, 1.807) is 5.48 Å². The van der Waals surface area contributed by atoms with Gasteiger partial charge in [0, 0.05) is 31.4 Å². The Bertz CT molecular complexity index is 1800. The Hall–Kier alpha value is -4.87. The van der Waals surface area contributed by atoms with Gasteiger partial charge in [-0.25, -0.2) is 10.5 Å². The van der Waals surface area contributed by atoms with E-state index in [1.165, 1.54) is 0 Å². The van der Waals surface area contributed by atoms with E-state index in [2.05, 4.69) is 20.9 Å². The van der Waals surface area contributed by atoms with E-state index in [0.29, 0.717) is 25.9 Å². The number of hydrogen-bond acceptors (Lipinski definition) is 7. The van der Waals surface area contributed by atoms with E-state index in [1.807, 2.05) is 97.3 Å². The van der Waals surface area contributed by atoms with Crippen molar-refractivity contribution in [2.24, 2.45) is 0 Å². The van der Waals surface area contributed by atoms with Gasteiger partial charge in [-0.1, -0.05) is 84.9 Å². The molecule has 0 aliphatic carbocycles. The summed E-state index contributed by atoms with van der Waals surface area (Å²) in [6.45, 7) is 0.956. The zero-order valence-corrected chi connectivity index (χ0v) is 25.9. The summed E-state index contributed by atoms with van der Waals surface area (Å²) < 4.78 is 15.3. The van der Waals surface area contributed by atoms with Crippen molar-refractivity contribution in [1.29, 1.82) is 0 Å². The number of nitrogens with one attached hydrogen (secondary N) is 2. The molecule has 10 heteroatoms. The molecule has 47 heavy (non-hydrogen) atoms. The Morgan fingerprint density at radius 3 is 2.36 bits per heavy atom. The number of aliphatic hydroxyl groups is 1. The molecule has 4 N–H and O–H groups in total. The Kier molecular flexibility index (Phi) is 10.3. The molecule has 1 saturated heterocycles. The fourth-order valence-electron chi connectivity index (χ4n) is 5.93. The first-order valence-corrected chi connectivity index (χ1v) is 15.8. The van der Waals surface area contributed by atoms with Crippen molar-refractivity contribution in [2.75, 3.05) is 0 Å². The van der Waals surface area contributed by atoms with Gasteiger partial charge in [-0.3, -0.25) is 14.8 Å². The van der Waals surface area contributed by atoms with Crippen molar-refractivity contribution in [3.05, 3.63) is 126 Å². The van der Waals surface area contributed by atoms with Gasteiger partial charge in [0.1, 0.15) is 0 Å². The van der Waals surface area contributed by atoms with E-state index in [4.69, 9.17) is 14.7 Å². The van der Waals surface area contributed by atoms with Crippen molar-refractivity contribution in [3.8, 4) is 11.1 Å². The van der Waals surface area contributed by atoms with E-state index in [0.717, 1.165) is 44.4 Å². The second kappa shape index (κ2) is 15.1. The van der Waals surface area contributed by atoms with Gasteiger partial charge in [0.05, 0.1) is 42.7 Å². The predicted molar refractivity (Wildman–Crippen MR) is 176 cm³/mol. The lowest BCUT2D eigenvalue weighted by molar-refractivity contribution is -0.252. The standard InChI is InChI=1S/C37H38N4O6/c42-23-25-12-14-27(15-13-25)34-20-30(22-41-24-39-32-8-3-4-9-33(32)41)46-37(47-34)28-18-16-26(17-19-28)31-7-2-1-6-29(31)21-38-35(43)10-5-11-36(44)40-45/h1-4,6-9,12-19,24,30,34,37,42,45H,5,10-11,20-23H2,(H,38,43)(H,40,44)/t30-,34+,37+/m1/s1. The Labute approximate surface area is 272 Å². The number of hydroxylamine groups is 1. The van der Waals surface area contributed by atoms with Crippen LogP contribution in [0.4, 0.5) is 0 Å². The minimum atomic E-state index is -0.595. The number of fused-ring (bicyclic) bond motifs is 1. The molecule has 1 aliphatic rings. The number of amides is 2. The SMILES string of the molecule is O=C(CCCC(=O)NCc1ccccc1-c1ccc([C@H]2O[C@@H](Cn3cnc4ccccc43)C[C@@H](c3ccc(CO)cc3)O2)cc1)NO. The Balaban J connectivity index is 1.18. The molecule has 6 rings (SSSR count). The molecule has 4 aromatic carbocycles. The number of benzene rings is 4. The number of aliphatic hydroxyl groups excluding tert-OH is 1.